The van der Waals surface area contributed by atoms with Crippen LogP contribution in [0.15, 0.2) is 23.9 Å². The van der Waals surface area contributed by atoms with Crippen molar-refractivity contribution in [3.63, 3.8) is 0 Å². The Hall–Kier alpha value is -0.760. The van der Waals surface area contributed by atoms with E-state index in [1.807, 2.05) is 19.1 Å². The Bertz CT molecular complexity index is 137. The van der Waals surface area contributed by atoms with Crippen molar-refractivity contribution in [2.24, 2.45) is 0 Å². The molecule has 0 spiro atoms. The highest BCUT2D eigenvalue weighted by atomic mass is 16.5. The Balaban J connectivity index is 2.58. The summed E-state index contributed by atoms with van der Waals surface area (Å²) in [5, 5.41) is 9.87. The molecule has 0 aromatic heterocycles. The molecule has 44 valence electrons. The number of nitrogens with zero attached hydrogens (tertiary/aromatic N) is 1. The molecular weight excluding hydrogens is 102 g/mol. The van der Waals surface area contributed by atoms with Crippen LogP contribution >= 0.6 is 0 Å². The van der Waals surface area contributed by atoms with E-state index in [0.717, 1.165) is 5.06 Å². The highest BCUT2D eigenvalue weighted by molar-refractivity contribution is 5.18. The minimum atomic E-state index is 0.613. The maximum atomic E-state index is 8.73. The van der Waals surface area contributed by atoms with E-state index in [0.29, 0.717) is 6.54 Å². The molecule has 0 amide bonds. The van der Waals surface area contributed by atoms with Crippen molar-refractivity contribution in [1.82, 2.24) is 5.06 Å². The van der Waals surface area contributed by atoms with Gasteiger partial charge in [0.05, 0.1) is 6.54 Å². The van der Waals surface area contributed by atoms with Gasteiger partial charge in [-0.05, 0) is 13.0 Å². The fourth-order valence-electron chi connectivity index (χ4n) is 0.570. The molecule has 0 saturated carbocycles. The van der Waals surface area contributed by atoms with Crippen LogP contribution in [0.2, 0.25) is 0 Å². The van der Waals surface area contributed by atoms with Crippen molar-refractivity contribution < 1.29 is 5.21 Å². The van der Waals surface area contributed by atoms with Gasteiger partial charge in [-0.25, -0.2) is 0 Å². The van der Waals surface area contributed by atoms with E-state index >= 15 is 0 Å². The van der Waals surface area contributed by atoms with Crippen LogP contribution in [0.25, 0.3) is 0 Å². The molecule has 0 bridgehead atoms. The van der Waals surface area contributed by atoms with Crippen LogP contribution in [-0.2, 0) is 0 Å². The maximum Gasteiger partial charge on any atom is 0.0633 e. The van der Waals surface area contributed by atoms with Gasteiger partial charge >= 0.3 is 0 Å². The van der Waals surface area contributed by atoms with Gasteiger partial charge in [-0.2, -0.15) is 0 Å². The molecule has 0 fully saturated rings. The second-order valence-electron chi connectivity index (χ2n) is 1.89. The van der Waals surface area contributed by atoms with Crippen molar-refractivity contribution in [3.8, 4) is 0 Å². The predicted molar refractivity (Wildman–Crippen MR) is 31.4 cm³/mol. The monoisotopic (exact) mass is 111 g/mol. The summed E-state index contributed by atoms with van der Waals surface area (Å²) in [6.07, 6.45) is 5.47. The van der Waals surface area contributed by atoms with Crippen molar-refractivity contribution in [3.05, 3.63) is 23.9 Å². The van der Waals surface area contributed by atoms with Gasteiger partial charge in [-0.3, -0.25) is 10.3 Å². The molecule has 8 heavy (non-hydrogen) atoms. The van der Waals surface area contributed by atoms with Crippen LogP contribution < -0.4 is 0 Å². The van der Waals surface area contributed by atoms with Crippen LogP contribution in [0.5, 0.6) is 0 Å². The topological polar surface area (TPSA) is 23.5 Å². The summed E-state index contributed by atoms with van der Waals surface area (Å²) in [4.78, 5) is 0. The Morgan fingerprint density at radius 1 is 1.75 bits per heavy atom. The lowest BCUT2D eigenvalue weighted by Crippen LogP contribution is -2.13. The second-order valence-corrected chi connectivity index (χ2v) is 1.89. The van der Waals surface area contributed by atoms with Gasteiger partial charge in [-0.15, -0.1) is 0 Å². The zero-order chi connectivity index (χ0) is 5.98. The largest absolute Gasteiger partial charge is 0.289 e. The van der Waals surface area contributed by atoms with Gasteiger partial charge < -0.3 is 0 Å². The molecule has 1 rings (SSSR count). The first-order valence-electron chi connectivity index (χ1n) is 2.59. The third kappa shape index (κ3) is 1.10. The summed E-state index contributed by atoms with van der Waals surface area (Å²) < 4.78 is 0. The first-order chi connectivity index (χ1) is 3.79. The van der Waals surface area contributed by atoms with Crippen molar-refractivity contribution >= 4 is 0 Å². The van der Waals surface area contributed by atoms with E-state index in [1.54, 1.807) is 6.20 Å². The molecule has 1 N–H and O–H groups in total. The van der Waals surface area contributed by atoms with E-state index in [4.69, 9.17) is 5.21 Å². The molecule has 1 heterocycles. The van der Waals surface area contributed by atoms with Gasteiger partial charge in [0, 0.05) is 6.20 Å². The Labute approximate surface area is 48.7 Å². The fourth-order valence-corrected chi connectivity index (χ4v) is 0.570. The van der Waals surface area contributed by atoms with Crippen LogP contribution in [-0.4, -0.2) is 16.8 Å². The Morgan fingerprint density at radius 2 is 2.50 bits per heavy atom. The van der Waals surface area contributed by atoms with Crippen molar-refractivity contribution in [1.29, 1.82) is 0 Å². The van der Waals surface area contributed by atoms with Crippen LogP contribution in [0, 0.1) is 0 Å². The summed E-state index contributed by atoms with van der Waals surface area (Å²) >= 11 is 0. The summed E-state index contributed by atoms with van der Waals surface area (Å²) in [5.41, 5.74) is 1.20. The van der Waals surface area contributed by atoms with E-state index in [1.165, 1.54) is 5.57 Å². The van der Waals surface area contributed by atoms with E-state index in [-0.39, 0.29) is 0 Å². The van der Waals surface area contributed by atoms with Crippen LogP contribution in [0.3, 0.4) is 0 Å². The second kappa shape index (κ2) is 2.01. The van der Waals surface area contributed by atoms with Gasteiger partial charge in [0.25, 0.3) is 0 Å². The van der Waals surface area contributed by atoms with E-state index in [9.17, 15) is 0 Å². The minimum Gasteiger partial charge on any atom is -0.289 e. The molecule has 1 aliphatic rings. The first kappa shape index (κ1) is 5.38. The molecule has 2 heteroatoms. The Morgan fingerprint density at radius 3 is 2.88 bits per heavy atom. The number of rotatable bonds is 0. The smallest absolute Gasteiger partial charge is 0.0633 e. The van der Waals surface area contributed by atoms with E-state index < -0.39 is 0 Å². The molecule has 2 nitrogen and oxygen atoms in total. The molecule has 0 aromatic carbocycles. The van der Waals surface area contributed by atoms with Crippen molar-refractivity contribution in [2.45, 2.75) is 6.92 Å². The van der Waals surface area contributed by atoms with Gasteiger partial charge in [0.15, 0.2) is 0 Å². The third-order valence-electron chi connectivity index (χ3n) is 1.11. The minimum absolute atomic E-state index is 0.613. The zero-order valence-corrected chi connectivity index (χ0v) is 4.83. The van der Waals surface area contributed by atoms with Crippen molar-refractivity contribution in [2.75, 3.05) is 6.54 Å². The molecule has 0 radical (unpaired) electrons. The highest BCUT2D eigenvalue weighted by Gasteiger charge is 1.94. The molecule has 0 aromatic rings. The predicted octanol–water partition coefficient (Wildman–Crippen LogP) is 1.15. The van der Waals surface area contributed by atoms with E-state index in [2.05, 4.69) is 0 Å². The maximum absolute atomic E-state index is 8.73. The number of allylic oxidation sites excluding steroid dienone is 2. The fraction of sp³-hybridized carbons (Fsp3) is 0.333. The number of hydrogen-bond donors (Lipinski definition) is 1. The average molecular weight is 111 g/mol. The zero-order valence-electron chi connectivity index (χ0n) is 4.83. The molecule has 0 atom stereocenters. The summed E-state index contributed by atoms with van der Waals surface area (Å²) in [6, 6.07) is 0. The lowest BCUT2D eigenvalue weighted by atomic mass is 10.2. The number of hydrogen-bond acceptors (Lipinski definition) is 2. The lowest BCUT2D eigenvalue weighted by Gasteiger charge is -2.12. The summed E-state index contributed by atoms with van der Waals surface area (Å²) in [5.74, 6) is 0. The van der Waals surface area contributed by atoms with Gasteiger partial charge in [0.1, 0.15) is 0 Å². The standard InChI is InChI=1S/C6H9NO/c1-6-2-4-7(8)5-3-6/h2-4,8H,5H2,1H3. The van der Waals surface area contributed by atoms with Crippen LogP contribution in [0.1, 0.15) is 6.92 Å². The normalized spacial score (nSPS) is 18.8. The molecule has 0 unspecified atom stereocenters. The third-order valence-corrected chi connectivity index (χ3v) is 1.11. The molecule has 1 aliphatic heterocycles. The molecular formula is C6H9NO. The molecule has 0 saturated heterocycles. The highest BCUT2D eigenvalue weighted by Crippen LogP contribution is 2.01. The van der Waals surface area contributed by atoms with Gasteiger partial charge in [0.2, 0.25) is 0 Å². The quantitative estimate of drug-likeness (QED) is 0.507. The van der Waals surface area contributed by atoms with Gasteiger partial charge in [-0.1, -0.05) is 11.6 Å². The Kier molecular flexibility index (Phi) is 1.35. The number of hydroxylamine groups is 2. The first-order valence-corrected chi connectivity index (χ1v) is 2.59. The molecule has 0 aliphatic carbocycles. The SMILES string of the molecule is CC1=CCN(O)C=C1. The average Bonchev–Trinajstić information content (AvgIpc) is 1.77. The summed E-state index contributed by atoms with van der Waals surface area (Å²) in [6.45, 7) is 2.62. The lowest BCUT2D eigenvalue weighted by molar-refractivity contribution is -0.0305. The van der Waals surface area contributed by atoms with Crippen LogP contribution in [0.4, 0.5) is 0 Å². The summed E-state index contributed by atoms with van der Waals surface area (Å²) in [7, 11) is 0.